The molecule has 0 aliphatic carbocycles. The van der Waals surface area contributed by atoms with E-state index in [0.29, 0.717) is 17.1 Å². The van der Waals surface area contributed by atoms with E-state index < -0.39 is 0 Å². The Bertz CT molecular complexity index is 781. The van der Waals surface area contributed by atoms with Crippen molar-refractivity contribution in [3.63, 3.8) is 0 Å². The lowest BCUT2D eigenvalue weighted by molar-refractivity contribution is 0.404. The Morgan fingerprint density at radius 1 is 1.00 bits per heavy atom. The van der Waals surface area contributed by atoms with Gasteiger partial charge in [-0.25, -0.2) is 4.68 Å². The summed E-state index contributed by atoms with van der Waals surface area (Å²) in [5, 5.41) is 8.37. The van der Waals surface area contributed by atoms with Crippen molar-refractivity contribution in [2.45, 2.75) is 0 Å². The van der Waals surface area contributed by atoms with Crippen LogP contribution in [-0.4, -0.2) is 29.2 Å². The number of anilines is 1. The van der Waals surface area contributed by atoms with Crippen molar-refractivity contribution in [3.8, 4) is 28.4 Å². The van der Waals surface area contributed by atoms with Crippen LogP contribution in [0.1, 0.15) is 0 Å². The lowest BCUT2D eigenvalue weighted by Crippen LogP contribution is -1.95. The molecule has 1 heterocycles. The second-order valence-electron chi connectivity index (χ2n) is 4.71. The highest BCUT2D eigenvalue weighted by molar-refractivity contribution is 5.68. The summed E-state index contributed by atoms with van der Waals surface area (Å²) in [6.07, 6.45) is 1.84. The first-order chi connectivity index (χ1) is 10.7. The van der Waals surface area contributed by atoms with Crippen LogP contribution >= 0.6 is 0 Å². The zero-order chi connectivity index (χ0) is 15.5. The summed E-state index contributed by atoms with van der Waals surface area (Å²) < 4.78 is 12.3. The van der Waals surface area contributed by atoms with Gasteiger partial charge in [-0.3, -0.25) is 0 Å². The molecule has 0 amide bonds. The van der Waals surface area contributed by atoms with Crippen molar-refractivity contribution in [2.75, 3.05) is 20.0 Å². The first kappa shape index (κ1) is 13.9. The van der Waals surface area contributed by atoms with E-state index in [1.807, 2.05) is 48.7 Å². The minimum absolute atomic E-state index is 0.701. The normalized spacial score (nSPS) is 10.5. The largest absolute Gasteiger partial charge is 0.497 e. The zero-order valence-corrected chi connectivity index (χ0v) is 12.4. The van der Waals surface area contributed by atoms with Crippen molar-refractivity contribution in [1.82, 2.24) is 15.0 Å². The smallest absolute Gasteiger partial charge is 0.128 e. The Morgan fingerprint density at radius 3 is 2.45 bits per heavy atom. The maximum absolute atomic E-state index is 5.70. The van der Waals surface area contributed by atoms with Crippen LogP contribution in [0.3, 0.4) is 0 Å². The van der Waals surface area contributed by atoms with E-state index in [0.717, 1.165) is 17.0 Å². The van der Waals surface area contributed by atoms with E-state index in [-0.39, 0.29) is 0 Å². The number of benzene rings is 2. The molecule has 6 heteroatoms. The molecule has 0 atom stereocenters. The molecule has 0 saturated carbocycles. The van der Waals surface area contributed by atoms with Crippen molar-refractivity contribution in [3.05, 3.63) is 48.7 Å². The first-order valence-electron chi connectivity index (χ1n) is 6.72. The molecule has 0 saturated heterocycles. The maximum Gasteiger partial charge on any atom is 0.128 e. The lowest BCUT2D eigenvalue weighted by Gasteiger charge is -2.07. The number of ether oxygens (including phenoxy) is 2. The highest BCUT2D eigenvalue weighted by Crippen LogP contribution is 2.32. The average molecular weight is 296 g/mol. The highest BCUT2D eigenvalue weighted by atomic mass is 16.5. The molecule has 0 radical (unpaired) electrons. The summed E-state index contributed by atoms with van der Waals surface area (Å²) in [6.45, 7) is 0. The summed E-state index contributed by atoms with van der Waals surface area (Å²) in [7, 11) is 3.24. The molecule has 3 aromatic rings. The standard InChI is InChI=1S/C16H16N4O2/c1-21-13-7-8-16(22-2)14(9-13)15-10-20(19-18-15)12-5-3-11(17)4-6-12/h3-10H,17H2,1-2H3. The van der Waals surface area contributed by atoms with Crippen molar-refractivity contribution in [1.29, 1.82) is 0 Å². The first-order valence-corrected chi connectivity index (χ1v) is 6.72. The van der Waals surface area contributed by atoms with E-state index >= 15 is 0 Å². The molecule has 2 aromatic carbocycles. The van der Waals surface area contributed by atoms with E-state index in [4.69, 9.17) is 15.2 Å². The van der Waals surface area contributed by atoms with Gasteiger partial charge in [-0.1, -0.05) is 5.21 Å². The van der Waals surface area contributed by atoms with E-state index in [1.165, 1.54) is 0 Å². The van der Waals surface area contributed by atoms with Gasteiger partial charge in [0, 0.05) is 11.3 Å². The van der Waals surface area contributed by atoms with Gasteiger partial charge in [0.1, 0.15) is 17.2 Å². The topological polar surface area (TPSA) is 75.2 Å². The molecule has 112 valence electrons. The predicted octanol–water partition coefficient (Wildman–Crippen LogP) is 2.53. The van der Waals surface area contributed by atoms with Gasteiger partial charge in [0.2, 0.25) is 0 Å². The van der Waals surface area contributed by atoms with Crippen LogP contribution in [0.5, 0.6) is 11.5 Å². The average Bonchev–Trinajstić information content (AvgIpc) is 3.04. The third-order valence-corrected chi connectivity index (χ3v) is 3.33. The summed E-state index contributed by atoms with van der Waals surface area (Å²) in [5.41, 5.74) is 8.81. The number of hydrogen-bond acceptors (Lipinski definition) is 5. The van der Waals surface area contributed by atoms with Crippen LogP contribution in [-0.2, 0) is 0 Å². The Morgan fingerprint density at radius 2 is 1.77 bits per heavy atom. The third kappa shape index (κ3) is 2.58. The second kappa shape index (κ2) is 5.77. The van der Waals surface area contributed by atoms with Gasteiger partial charge in [0.25, 0.3) is 0 Å². The Hall–Kier alpha value is -3.02. The predicted molar refractivity (Wildman–Crippen MR) is 84.3 cm³/mol. The number of nitrogen functional groups attached to an aromatic ring is 1. The van der Waals surface area contributed by atoms with Crippen molar-refractivity contribution >= 4 is 5.69 Å². The van der Waals surface area contributed by atoms with Gasteiger partial charge in [-0.05, 0) is 42.5 Å². The molecule has 6 nitrogen and oxygen atoms in total. The second-order valence-corrected chi connectivity index (χ2v) is 4.71. The van der Waals surface area contributed by atoms with Gasteiger partial charge < -0.3 is 15.2 Å². The number of aromatic nitrogens is 3. The third-order valence-electron chi connectivity index (χ3n) is 3.33. The fourth-order valence-electron chi connectivity index (χ4n) is 2.15. The molecule has 0 bridgehead atoms. The van der Waals surface area contributed by atoms with E-state index in [9.17, 15) is 0 Å². The molecule has 0 fully saturated rings. The summed E-state index contributed by atoms with van der Waals surface area (Å²) in [6, 6.07) is 13.0. The molecule has 0 aliphatic rings. The minimum Gasteiger partial charge on any atom is -0.497 e. The van der Waals surface area contributed by atoms with Crippen LogP contribution in [0.25, 0.3) is 16.9 Å². The maximum atomic E-state index is 5.70. The Kier molecular flexibility index (Phi) is 3.65. The van der Waals surface area contributed by atoms with Crippen molar-refractivity contribution < 1.29 is 9.47 Å². The van der Waals surface area contributed by atoms with Gasteiger partial charge in [-0.2, -0.15) is 0 Å². The van der Waals surface area contributed by atoms with Crippen LogP contribution in [0, 0.1) is 0 Å². The molecule has 0 spiro atoms. The number of nitrogens with zero attached hydrogens (tertiary/aromatic N) is 3. The fourth-order valence-corrected chi connectivity index (χ4v) is 2.15. The van der Waals surface area contributed by atoms with E-state index in [2.05, 4.69) is 10.3 Å². The summed E-state index contributed by atoms with van der Waals surface area (Å²) in [5.74, 6) is 1.45. The lowest BCUT2D eigenvalue weighted by atomic mass is 10.1. The molecule has 1 aromatic heterocycles. The molecular weight excluding hydrogens is 280 g/mol. The molecule has 2 N–H and O–H groups in total. The highest BCUT2D eigenvalue weighted by Gasteiger charge is 2.12. The SMILES string of the molecule is COc1ccc(OC)c(-c2cn(-c3ccc(N)cc3)nn2)c1. The number of hydrogen-bond donors (Lipinski definition) is 1. The quantitative estimate of drug-likeness (QED) is 0.749. The number of nitrogens with two attached hydrogens (primary N) is 1. The zero-order valence-electron chi connectivity index (χ0n) is 12.4. The minimum atomic E-state index is 0.701. The van der Waals surface area contributed by atoms with Gasteiger partial charge in [0.15, 0.2) is 0 Å². The summed E-state index contributed by atoms with van der Waals surface area (Å²) >= 11 is 0. The molecular formula is C16H16N4O2. The van der Waals surface area contributed by atoms with Gasteiger partial charge >= 0.3 is 0 Å². The Balaban J connectivity index is 2.01. The van der Waals surface area contributed by atoms with Crippen LogP contribution in [0.4, 0.5) is 5.69 Å². The number of methoxy groups -OCH3 is 2. The Labute approximate surface area is 128 Å². The number of rotatable bonds is 4. The van der Waals surface area contributed by atoms with Crippen LogP contribution < -0.4 is 15.2 Å². The van der Waals surface area contributed by atoms with Crippen molar-refractivity contribution in [2.24, 2.45) is 0 Å². The molecule has 3 rings (SSSR count). The van der Waals surface area contributed by atoms with E-state index in [1.54, 1.807) is 18.9 Å². The van der Waals surface area contributed by atoms with Crippen LogP contribution in [0.2, 0.25) is 0 Å². The van der Waals surface area contributed by atoms with Crippen LogP contribution in [0.15, 0.2) is 48.7 Å². The fraction of sp³-hybridized carbons (Fsp3) is 0.125. The molecule has 0 aliphatic heterocycles. The molecule has 22 heavy (non-hydrogen) atoms. The summed E-state index contributed by atoms with van der Waals surface area (Å²) in [4.78, 5) is 0. The van der Waals surface area contributed by atoms with Gasteiger partial charge in [-0.15, -0.1) is 5.10 Å². The molecule has 0 unspecified atom stereocenters. The van der Waals surface area contributed by atoms with Gasteiger partial charge in [0.05, 0.1) is 26.1 Å². The monoisotopic (exact) mass is 296 g/mol.